The van der Waals surface area contributed by atoms with Gasteiger partial charge < -0.3 is 15.8 Å². The molecule has 3 nitrogen and oxygen atoms in total. The van der Waals surface area contributed by atoms with Crippen LogP contribution in [0.2, 0.25) is 0 Å². The van der Waals surface area contributed by atoms with Crippen molar-refractivity contribution in [3.05, 3.63) is 0 Å². The van der Waals surface area contributed by atoms with Gasteiger partial charge in [-0.25, -0.2) is 0 Å². The van der Waals surface area contributed by atoms with Crippen molar-refractivity contribution in [2.45, 2.75) is 50.7 Å². The Morgan fingerprint density at radius 2 is 2.19 bits per heavy atom. The first kappa shape index (κ1) is 12.3. The Morgan fingerprint density at radius 3 is 2.75 bits per heavy atom. The molecular formula is C13H26N2O. The van der Waals surface area contributed by atoms with E-state index in [1.54, 1.807) is 0 Å². The molecule has 16 heavy (non-hydrogen) atoms. The van der Waals surface area contributed by atoms with E-state index in [1.165, 1.54) is 25.7 Å². The maximum Gasteiger partial charge on any atom is 0.0765 e. The number of nitrogens with one attached hydrogen (secondary N) is 1. The number of ether oxygens (including phenoxy) is 1. The van der Waals surface area contributed by atoms with Crippen LogP contribution in [-0.2, 0) is 4.74 Å². The van der Waals surface area contributed by atoms with Crippen LogP contribution in [-0.4, -0.2) is 31.8 Å². The molecule has 2 rings (SSSR count). The summed E-state index contributed by atoms with van der Waals surface area (Å²) >= 11 is 0. The Labute approximate surface area is 99.1 Å². The van der Waals surface area contributed by atoms with Gasteiger partial charge >= 0.3 is 0 Å². The fraction of sp³-hybridized carbons (Fsp3) is 1.00. The Bertz CT molecular complexity index is 234. The van der Waals surface area contributed by atoms with Crippen LogP contribution in [0.25, 0.3) is 0 Å². The average Bonchev–Trinajstić information content (AvgIpc) is 3.03. The Hall–Kier alpha value is -0.120. The van der Waals surface area contributed by atoms with Crippen molar-refractivity contribution in [2.75, 3.05) is 20.2 Å². The van der Waals surface area contributed by atoms with Crippen LogP contribution < -0.4 is 11.1 Å². The highest BCUT2D eigenvalue weighted by molar-refractivity contribution is 5.00. The molecule has 2 aliphatic carbocycles. The maximum atomic E-state index is 6.00. The number of nitrogens with two attached hydrogens (primary N) is 1. The van der Waals surface area contributed by atoms with E-state index in [-0.39, 0.29) is 5.54 Å². The lowest BCUT2D eigenvalue weighted by Crippen LogP contribution is -2.61. The molecule has 4 atom stereocenters. The van der Waals surface area contributed by atoms with Crippen LogP contribution in [0.1, 0.15) is 39.0 Å². The third-order valence-corrected chi connectivity index (χ3v) is 4.60. The standard InChI is InChI=1S/C13H26N2O/c1-10-7-11(10)8-15-13(9-14)6-4-3-5-12(13)16-2/h10-12,15H,3-9,14H2,1-2H3. The van der Waals surface area contributed by atoms with Gasteiger partial charge in [0.05, 0.1) is 11.6 Å². The van der Waals surface area contributed by atoms with E-state index in [9.17, 15) is 0 Å². The predicted octanol–water partition coefficient (Wildman–Crippen LogP) is 1.52. The smallest absolute Gasteiger partial charge is 0.0765 e. The van der Waals surface area contributed by atoms with Crippen molar-refractivity contribution in [1.29, 1.82) is 0 Å². The van der Waals surface area contributed by atoms with Crippen molar-refractivity contribution >= 4 is 0 Å². The molecule has 0 aromatic heterocycles. The highest BCUT2D eigenvalue weighted by atomic mass is 16.5. The molecule has 2 fully saturated rings. The van der Waals surface area contributed by atoms with Gasteiger partial charge in [-0.3, -0.25) is 0 Å². The zero-order valence-electron chi connectivity index (χ0n) is 10.7. The van der Waals surface area contributed by atoms with Crippen LogP contribution in [0.15, 0.2) is 0 Å². The second kappa shape index (κ2) is 5.03. The quantitative estimate of drug-likeness (QED) is 0.747. The normalized spacial score (nSPS) is 43.3. The molecule has 0 spiro atoms. The van der Waals surface area contributed by atoms with Crippen molar-refractivity contribution in [2.24, 2.45) is 17.6 Å². The second-order valence-electron chi connectivity index (χ2n) is 5.68. The lowest BCUT2D eigenvalue weighted by atomic mass is 9.79. The summed E-state index contributed by atoms with van der Waals surface area (Å²) < 4.78 is 5.64. The highest BCUT2D eigenvalue weighted by Gasteiger charge is 2.42. The molecule has 0 bridgehead atoms. The molecule has 0 amide bonds. The number of rotatable bonds is 5. The van der Waals surface area contributed by atoms with Crippen LogP contribution in [0, 0.1) is 11.8 Å². The molecule has 2 saturated carbocycles. The average molecular weight is 226 g/mol. The Morgan fingerprint density at radius 1 is 1.44 bits per heavy atom. The van der Waals surface area contributed by atoms with Gasteiger partial charge in [-0.2, -0.15) is 0 Å². The van der Waals surface area contributed by atoms with Gasteiger partial charge in [-0.1, -0.05) is 19.8 Å². The summed E-state index contributed by atoms with van der Waals surface area (Å²) in [5.74, 6) is 1.79. The van der Waals surface area contributed by atoms with Gasteiger partial charge in [-0.15, -0.1) is 0 Å². The molecule has 0 heterocycles. The van der Waals surface area contributed by atoms with Crippen molar-refractivity contribution in [3.63, 3.8) is 0 Å². The van der Waals surface area contributed by atoms with Gasteiger partial charge in [0.1, 0.15) is 0 Å². The van der Waals surface area contributed by atoms with E-state index in [1.807, 2.05) is 7.11 Å². The fourth-order valence-corrected chi connectivity index (χ4v) is 3.08. The summed E-state index contributed by atoms with van der Waals surface area (Å²) in [5.41, 5.74) is 6.05. The summed E-state index contributed by atoms with van der Waals surface area (Å²) in [6.45, 7) is 4.15. The number of hydrogen-bond donors (Lipinski definition) is 2. The van der Waals surface area contributed by atoms with Gasteiger partial charge in [0, 0.05) is 13.7 Å². The zero-order valence-corrected chi connectivity index (χ0v) is 10.7. The summed E-state index contributed by atoms with van der Waals surface area (Å²) in [5, 5.41) is 3.73. The molecule has 0 aromatic carbocycles. The monoisotopic (exact) mass is 226 g/mol. The minimum absolute atomic E-state index is 0.0509. The van der Waals surface area contributed by atoms with Gasteiger partial charge in [0.15, 0.2) is 0 Å². The molecule has 3 heteroatoms. The largest absolute Gasteiger partial charge is 0.379 e. The van der Waals surface area contributed by atoms with E-state index >= 15 is 0 Å². The van der Waals surface area contributed by atoms with Crippen LogP contribution in [0.5, 0.6) is 0 Å². The topological polar surface area (TPSA) is 47.3 Å². The van der Waals surface area contributed by atoms with Gasteiger partial charge in [0.25, 0.3) is 0 Å². The third kappa shape index (κ3) is 2.41. The lowest BCUT2D eigenvalue weighted by Gasteiger charge is -2.43. The highest BCUT2D eigenvalue weighted by Crippen LogP contribution is 2.38. The minimum atomic E-state index is 0.0509. The van der Waals surface area contributed by atoms with E-state index in [4.69, 9.17) is 10.5 Å². The van der Waals surface area contributed by atoms with Crippen molar-refractivity contribution in [1.82, 2.24) is 5.32 Å². The van der Waals surface area contributed by atoms with E-state index < -0.39 is 0 Å². The SMILES string of the molecule is COC1CCCCC1(CN)NCC1CC1C. The molecule has 2 aliphatic rings. The lowest BCUT2D eigenvalue weighted by molar-refractivity contribution is -0.00894. The molecule has 0 radical (unpaired) electrons. The second-order valence-corrected chi connectivity index (χ2v) is 5.68. The molecule has 94 valence electrons. The van der Waals surface area contributed by atoms with Gasteiger partial charge in [-0.05, 0) is 37.6 Å². The van der Waals surface area contributed by atoms with Gasteiger partial charge in [0.2, 0.25) is 0 Å². The first-order chi connectivity index (χ1) is 7.72. The first-order valence-corrected chi connectivity index (χ1v) is 6.70. The van der Waals surface area contributed by atoms with Crippen molar-refractivity contribution in [3.8, 4) is 0 Å². The molecule has 0 saturated heterocycles. The van der Waals surface area contributed by atoms with Crippen LogP contribution in [0.4, 0.5) is 0 Å². The number of methoxy groups -OCH3 is 1. The summed E-state index contributed by atoms with van der Waals surface area (Å²) in [6, 6.07) is 0. The zero-order chi connectivity index (χ0) is 11.6. The fourth-order valence-electron chi connectivity index (χ4n) is 3.08. The molecule has 3 N–H and O–H groups in total. The Kier molecular flexibility index (Phi) is 3.88. The van der Waals surface area contributed by atoms with E-state index in [2.05, 4.69) is 12.2 Å². The van der Waals surface area contributed by atoms with E-state index in [0.29, 0.717) is 12.6 Å². The number of hydrogen-bond acceptors (Lipinski definition) is 3. The van der Waals surface area contributed by atoms with E-state index in [0.717, 1.165) is 24.8 Å². The predicted molar refractivity (Wildman–Crippen MR) is 66.3 cm³/mol. The van der Waals surface area contributed by atoms with Crippen LogP contribution in [0.3, 0.4) is 0 Å². The third-order valence-electron chi connectivity index (χ3n) is 4.60. The maximum absolute atomic E-state index is 6.00. The molecule has 4 unspecified atom stereocenters. The summed E-state index contributed by atoms with van der Waals surface area (Å²) in [6.07, 6.45) is 6.57. The van der Waals surface area contributed by atoms with Crippen molar-refractivity contribution < 1.29 is 4.74 Å². The minimum Gasteiger partial charge on any atom is -0.379 e. The summed E-state index contributed by atoms with van der Waals surface area (Å²) in [7, 11) is 1.82. The summed E-state index contributed by atoms with van der Waals surface area (Å²) in [4.78, 5) is 0. The van der Waals surface area contributed by atoms with Crippen LogP contribution >= 0.6 is 0 Å². The molecule has 0 aromatic rings. The molecular weight excluding hydrogens is 200 g/mol. The molecule has 0 aliphatic heterocycles. The first-order valence-electron chi connectivity index (χ1n) is 6.70. The Balaban J connectivity index is 1.92.